The van der Waals surface area contributed by atoms with Gasteiger partial charge in [0.25, 0.3) is 5.69 Å². The van der Waals surface area contributed by atoms with Gasteiger partial charge in [-0.2, -0.15) is 0 Å². The largest absolute Gasteiger partial charge is 0.494 e. The van der Waals surface area contributed by atoms with Crippen LogP contribution in [-0.4, -0.2) is 37.3 Å². The summed E-state index contributed by atoms with van der Waals surface area (Å²) < 4.78 is 11.6. The van der Waals surface area contributed by atoms with Crippen LogP contribution in [0.2, 0.25) is 0 Å². The van der Waals surface area contributed by atoms with Crippen molar-refractivity contribution in [1.82, 2.24) is 0 Å². The molecule has 3 fully saturated rings. The fourth-order valence-electron chi connectivity index (χ4n) is 4.41. The molecule has 2 atom stereocenters. The van der Waals surface area contributed by atoms with Crippen LogP contribution in [0.1, 0.15) is 25.7 Å². The number of non-ortho nitro benzene ring substituents is 1. The summed E-state index contributed by atoms with van der Waals surface area (Å²) in [7, 11) is 1.56. The van der Waals surface area contributed by atoms with Crippen molar-refractivity contribution in [3.05, 3.63) is 28.3 Å². The van der Waals surface area contributed by atoms with Crippen LogP contribution in [0.3, 0.4) is 0 Å². The highest BCUT2D eigenvalue weighted by Gasteiger charge is 2.56. The Morgan fingerprint density at radius 3 is 2.87 bits per heavy atom. The molecular formula is C17H22N2O4. The summed E-state index contributed by atoms with van der Waals surface area (Å²) in [4.78, 5) is 12.8. The van der Waals surface area contributed by atoms with E-state index in [2.05, 4.69) is 4.90 Å². The van der Waals surface area contributed by atoms with E-state index in [0.717, 1.165) is 50.1 Å². The van der Waals surface area contributed by atoms with Crippen LogP contribution in [0, 0.1) is 22.0 Å². The number of nitro groups is 1. The molecule has 0 N–H and O–H groups in total. The van der Waals surface area contributed by atoms with Gasteiger partial charge in [-0.1, -0.05) is 0 Å². The first-order valence-corrected chi connectivity index (χ1v) is 8.34. The molecule has 2 aliphatic heterocycles. The van der Waals surface area contributed by atoms with Crippen molar-refractivity contribution in [3.63, 3.8) is 0 Å². The lowest BCUT2D eigenvalue weighted by molar-refractivity contribution is -0.384. The highest BCUT2D eigenvalue weighted by Crippen LogP contribution is 2.57. The van der Waals surface area contributed by atoms with E-state index in [4.69, 9.17) is 9.47 Å². The van der Waals surface area contributed by atoms with Crippen LogP contribution < -0.4 is 9.64 Å². The summed E-state index contributed by atoms with van der Waals surface area (Å²) in [6, 6.07) is 4.86. The zero-order valence-corrected chi connectivity index (χ0v) is 13.4. The predicted octanol–water partition coefficient (Wildman–Crippen LogP) is 3.00. The molecule has 2 saturated heterocycles. The number of nitro benzene ring substituents is 1. The van der Waals surface area contributed by atoms with Crippen molar-refractivity contribution in [2.45, 2.75) is 31.3 Å². The Hall–Kier alpha value is -1.82. The molecule has 0 radical (unpaired) electrons. The Kier molecular flexibility index (Phi) is 3.44. The molecule has 4 rings (SSSR count). The molecule has 23 heavy (non-hydrogen) atoms. The molecule has 1 aromatic carbocycles. The molecule has 0 amide bonds. The lowest BCUT2D eigenvalue weighted by atomic mass is 9.83. The molecule has 3 aliphatic rings. The van der Waals surface area contributed by atoms with Gasteiger partial charge in [-0.05, 0) is 43.6 Å². The minimum Gasteiger partial charge on any atom is -0.494 e. The van der Waals surface area contributed by atoms with Crippen molar-refractivity contribution in [1.29, 1.82) is 0 Å². The molecule has 1 aliphatic carbocycles. The second kappa shape index (κ2) is 5.37. The van der Waals surface area contributed by atoms with Crippen LogP contribution in [-0.2, 0) is 4.74 Å². The number of hydrogen-bond donors (Lipinski definition) is 0. The van der Waals surface area contributed by atoms with Crippen LogP contribution in [0.4, 0.5) is 11.4 Å². The van der Waals surface area contributed by atoms with E-state index in [0.29, 0.717) is 5.75 Å². The normalized spacial score (nSPS) is 28.3. The second-order valence-corrected chi connectivity index (χ2v) is 6.90. The first-order valence-electron chi connectivity index (χ1n) is 8.34. The van der Waals surface area contributed by atoms with Gasteiger partial charge in [0.05, 0.1) is 29.4 Å². The van der Waals surface area contributed by atoms with Crippen LogP contribution in [0.5, 0.6) is 5.75 Å². The number of piperidine rings is 1. The third-order valence-electron chi connectivity index (χ3n) is 5.80. The lowest BCUT2D eigenvalue weighted by Crippen LogP contribution is -2.49. The lowest BCUT2D eigenvalue weighted by Gasteiger charge is -2.45. The van der Waals surface area contributed by atoms with Gasteiger partial charge < -0.3 is 14.4 Å². The van der Waals surface area contributed by atoms with Crippen molar-refractivity contribution in [2.24, 2.45) is 11.8 Å². The molecule has 1 saturated carbocycles. The number of ether oxygens (including phenoxy) is 2. The number of nitrogens with zero attached hydrogens (tertiary/aromatic N) is 2. The molecule has 2 heterocycles. The summed E-state index contributed by atoms with van der Waals surface area (Å²) >= 11 is 0. The topological polar surface area (TPSA) is 64.8 Å². The van der Waals surface area contributed by atoms with Gasteiger partial charge in [-0.25, -0.2) is 0 Å². The zero-order chi connectivity index (χ0) is 16.0. The van der Waals surface area contributed by atoms with E-state index >= 15 is 0 Å². The maximum Gasteiger partial charge on any atom is 0.273 e. The van der Waals surface area contributed by atoms with Crippen molar-refractivity contribution < 1.29 is 14.4 Å². The molecule has 2 unspecified atom stereocenters. The molecule has 1 spiro atoms. The Bertz CT molecular complexity index is 625. The average molecular weight is 318 g/mol. The minimum absolute atomic E-state index is 0.0653. The number of methoxy groups -OCH3 is 1. The number of rotatable bonds is 3. The van der Waals surface area contributed by atoms with Crippen molar-refractivity contribution >= 4 is 11.4 Å². The molecule has 0 aromatic heterocycles. The summed E-state index contributed by atoms with van der Waals surface area (Å²) in [6.07, 6.45) is 4.63. The quantitative estimate of drug-likeness (QED) is 0.633. The second-order valence-electron chi connectivity index (χ2n) is 6.90. The Morgan fingerprint density at radius 2 is 2.17 bits per heavy atom. The standard InChI is InChI=1S/C17H22N2O4/c1-22-16-11-13(19(20)21)2-3-15(16)18-7-5-17(6-8-18)14-10-12(14)4-9-23-17/h2-3,11-12,14H,4-10H2,1H3. The van der Waals surface area contributed by atoms with E-state index in [-0.39, 0.29) is 16.2 Å². The Morgan fingerprint density at radius 1 is 1.39 bits per heavy atom. The van der Waals surface area contributed by atoms with Crippen molar-refractivity contribution in [3.8, 4) is 5.75 Å². The SMILES string of the molecule is COc1cc([N+](=O)[O-])ccc1N1CCC2(CC1)OCCC1CC12. The zero-order valence-electron chi connectivity index (χ0n) is 13.4. The predicted molar refractivity (Wildman–Crippen MR) is 86.0 cm³/mol. The number of fused-ring (bicyclic) bond motifs is 2. The number of benzene rings is 1. The van der Waals surface area contributed by atoms with E-state index in [1.807, 2.05) is 0 Å². The monoisotopic (exact) mass is 318 g/mol. The van der Waals surface area contributed by atoms with Gasteiger partial charge in [0.2, 0.25) is 0 Å². The summed E-state index contributed by atoms with van der Waals surface area (Å²) in [5.41, 5.74) is 1.10. The van der Waals surface area contributed by atoms with Crippen LogP contribution in [0.15, 0.2) is 18.2 Å². The summed E-state index contributed by atoms with van der Waals surface area (Å²) in [5.74, 6) is 2.23. The number of anilines is 1. The van der Waals surface area contributed by atoms with Crippen LogP contribution in [0.25, 0.3) is 0 Å². The average Bonchev–Trinajstić information content (AvgIpc) is 3.36. The van der Waals surface area contributed by atoms with Gasteiger partial charge in [-0.3, -0.25) is 10.1 Å². The highest BCUT2D eigenvalue weighted by atomic mass is 16.6. The third kappa shape index (κ3) is 2.45. The number of hydrogen-bond acceptors (Lipinski definition) is 5. The van der Waals surface area contributed by atoms with Gasteiger partial charge in [0, 0.05) is 25.8 Å². The minimum atomic E-state index is -0.388. The maximum absolute atomic E-state index is 10.9. The van der Waals surface area contributed by atoms with Gasteiger partial charge in [-0.15, -0.1) is 0 Å². The molecule has 1 aromatic rings. The highest BCUT2D eigenvalue weighted by molar-refractivity contribution is 5.62. The first-order chi connectivity index (χ1) is 11.1. The third-order valence-corrected chi connectivity index (χ3v) is 5.80. The molecule has 124 valence electrons. The smallest absolute Gasteiger partial charge is 0.273 e. The van der Waals surface area contributed by atoms with E-state index < -0.39 is 0 Å². The van der Waals surface area contributed by atoms with E-state index in [9.17, 15) is 10.1 Å². The molecule has 6 heteroatoms. The Labute approximate surface area is 135 Å². The van der Waals surface area contributed by atoms with Crippen LogP contribution >= 0.6 is 0 Å². The first kappa shape index (κ1) is 14.8. The fraction of sp³-hybridized carbons (Fsp3) is 0.647. The Balaban J connectivity index is 1.51. The van der Waals surface area contributed by atoms with Crippen molar-refractivity contribution in [2.75, 3.05) is 31.7 Å². The molecule has 6 nitrogen and oxygen atoms in total. The maximum atomic E-state index is 10.9. The summed E-state index contributed by atoms with van der Waals surface area (Å²) in [6.45, 7) is 2.73. The van der Waals surface area contributed by atoms with Gasteiger partial charge >= 0.3 is 0 Å². The molecular weight excluding hydrogens is 296 g/mol. The van der Waals surface area contributed by atoms with E-state index in [1.165, 1.54) is 18.9 Å². The summed E-state index contributed by atoms with van der Waals surface area (Å²) in [5, 5.41) is 10.9. The van der Waals surface area contributed by atoms with Gasteiger partial charge in [0.1, 0.15) is 5.75 Å². The fourth-order valence-corrected chi connectivity index (χ4v) is 4.41. The van der Waals surface area contributed by atoms with Gasteiger partial charge in [0.15, 0.2) is 0 Å². The van der Waals surface area contributed by atoms with E-state index in [1.54, 1.807) is 19.2 Å². The molecule has 0 bridgehead atoms.